The van der Waals surface area contributed by atoms with Gasteiger partial charge in [-0.2, -0.15) is 4.99 Å². The van der Waals surface area contributed by atoms with Crippen molar-refractivity contribution in [2.24, 2.45) is 10.7 Å². The van der Waals surface area contributed by atoms with Crippen LogP contribution in [0.1, 0.15) is 99.4 Å². The van der Waals surface area contributed by atoms with E-state index in [2.05, 4.69) is 42.2 Å². The number of fused-ring (bicyclic) bond motifs is 1. The van der Waals surface area contributed by atoms with E-state index in [0.29, 0.717) is 115 Å². The molecular formula is C65H95F2N15O14. The number of likely N-dealkylation sites (tertiary alicyclic amines) is 1. The summed E-state index contributed by atoms with van der Waals surface area (Å²) in [7, 11) is 0. The van der Waals surface area contributed by atoms with Crippen LogP contribution < -0.4 is 47.7 Å². The number of amides is 7. The molecule has 7 amide bonds. The first-order valence-corrected chi connectivity index (χ1v) is 32.9. The third-order valence-corrected chi connectivity index (χ3v) is 16.7. The second-order valence-electron chi connectivity index (χ2n) is 24.1. The Balaban J connectivity index is 0.922. The number of hydrogen-bond acceptors (Lipinski definition) is 17. The number of phenolic OH excluding ortho intramolecular Hbond substituents is 1. The highest BCUT2D eigenvalue weighted by Crippen LogP contribution is 2.33. The Hall–Kier alpha value is -8.62. The van der Waals surface area contributed by atoms with Crippen molar-refractivity contribution in [3.63, 3.8) is 0 Å². The number of aliphatic carboxylic acids is 3. The van der Waals surface area contributed by atoms with Gasteiger partial charge in [0.2, 0.25) is 29.5 Å². The fourth-order valence-corrected chi connectivity index (χ4v) is 11.5. The number of unbranched alkanes of at least 4 members (excludes halogenated alkanes) is 2. The van der Waals surface area contributed by atoms with Crippen LogP contribution in [0.4, 0.5) is 13.6 Å². The average molecular weight is 1350 g/mol. The van der Waals surface area contributed by atoms with Gasteiger partial charge in [0, 0.05) is 148 Å². The maximum Gasteiger partial charge on any atom is 0.344 e. The summed E-state index contributed by atoms with van der Waals surface area (Å²) < 4.78 is 35.6. The lowest BCUT2D eigenvalue weighted by molar-refractivity contribution is -0.140. The standard InChI is InChI=1S/C65H95F2N15O14/c1-2-55(84)71-23-24-73-65(95)76-64(68)72-21-8-12-54(62(93)74-38-51-52(66)36-49(83)37-53(51)67)75-63(94)61(82-39-46-10-5-6-11-47(46)40-82)45-14-16-50(17-15-45)96-35-9-22-69-48-18-25-81(26-19-48)57(86)13-4-3-7-20-70-56(85)41-77-27-29-78(42-58(87)88)31-33-80(44-60(91)92)34-32-79(30-28-77)43-59(89)90/h5-6,10-11,14-17,36-37,48,54,61,69,83H,2-4,7-9,12-13,18-35,38-44H2,1H3,(H,70,85)(H,71,84)(H,74,93)(H,75,94)(H,87,88)(H,89,90)(H,91,92)(H4,68,72,73,76,95)/t54-,61+/m1/s1. The molecule has 0 spiro atoms. The van der Waals surface area contributed by atoms with Gasteiger partial charge in [0.05, 0.1) is 32.8 Å². The monoisotopic (exact) mass is 1350 g/mol. The Morgan fingerprint density at radius 3 is 1.72 bits per heavy atom. The van der Waals surface area contributed by atoms with E-state index in [-0.39, 0.29) is 115 Å². The number of nitrogens with one attached hydrogen (secondary N) is 7. The normalized spacial score (nSPS) is 16.4. The van der Waals surface area contributed by atoms with Crippen LogP contribution in [-0.2, 0) is 58.0 Å². The first-order valence-electron chi connectivity index (χ1n) is 32.9. The lowest BCUT2D eigenvalue weighted by Gasteiger charge is -2.32. The van der Waals surface area contributed by atoms with Crippen molar-refractivity contribution in [3.05, 3.63) is 94.6 Å². The van der Waals surface area contributed by atoms with Gasteiger partial charge in [0.15, 0.2) is 5.96 Å². The van der Waals surface area contributed by atoms with Crippen LogP contribution in [0.2, 0.25) is 0 Å². The molecule has 0 aliphatic carbocycles. The number of nitrogens with zero attached hydrogens (tertiary/aromatic N) is 7. The van der Waals surface area contributed by atoms with Gasteiger partial charge in [-0.25, -0.2) is 13.6 Å². The van der Waals surface area contributed by atoms with Crippen LogP contribution in [0, 0.1) is 11.6 Å². The van der Waals surface area contributed by atoms with Gasteiger partial charge in [-0.3, -0.25) is 62.9 Å². The summed E-state index contributed by atoms with van der Waals surface area (Å²) in [6.45, 7) is 6.80. The molecule has 0 unspecified atom stereocenters. The van der Waals surface area contributed by atoms with Crippen molar-refractivity contribution < 1.29 is 77.1 Å². The number of halogens is 2. The van der Waals surface area contributed by atoms with E-state index >= 15 is 0 Å². The van der Waals surface area contributed by atoms with E-state index in [1.165, 1.54) is 0 Å². The molecule has 0 saturated carbocycles. The van der Waals surface area contributed by atoms with Crippen LogP contribution in [0.25, 0.3) is 0 Å². The summed E-state index contributed by atoms with van der Waals surface area (Å²) in [4.78, 5) is 128. The van der Waals surface area contributed by atoms with Crippen LogP contribution >= 0.6 is 0 Å². The molecule has 3 aliphatic rings. The molecule has 0 aromatic heterocycles. The van der Waals surface area contributed by atoms with E-state index in [1.54, 1.807) is 45.9 Å². The van der Waals surface area contributed by atoms with E-state index in [9.17, 15) is 72.4 Å². The van der Waals surface area contributed by atoms with E-state index in [1.807, 2.05) is 39.0 Å². The second kappa shape index (κ2) is 40.7. The van der Waals surface area contributed by atoms with Gasteiger partial charge in [-0.1, -0.05) is 49.7 Å². The van der Waals surface area contributed by atoms with Crippen LogP contribution in [0.5, 0.6) is 11.5 Å². The molecule has 528 valence electrons. The van der Waals surface area contributed by atoms with Crippen LogP contribution in [-0.4, -0.2) is 252 Å². The smallest absolute Gasteiger partial charge is 0.344 e. The fraction of sp³-hybridized carbons (Fsp3) is 0.569. The number of urea groups is 1. The molecule has 31 heteroatoms. The Bertz CT molecular complexity index is 3010. The zero-order valence-electron chi connectivity index (χ0n) is 54.7. The van der Waals surface area contributed by atoms with Crippen molar-refractivity contribution in [2.75, 3.05) is 131 Å². The lowest BCUT2D eigenvalue weighted by atomic mass is 10.0. The highest BCUT2D eigenvalue weighted by atomic mass is 19.1. The third-order valence-electron chi connectivity index (χ3n) is 16.7. The minimum Gasteiger partial charge on any atom is -0.508 e. The topological polar surface area (TPSA) is 386 Å². The number of rotatable bonds is 35. The molecule has 2 atom stereocenters. The quantitative estimate of drug-likeness (QED) is 0.0222. The van der Waals surface area contributed by atoms with Crippen molar-refractivity contribution in [3.8, 4) is 11.5 Å². The zero-order valence-corrected chi connectivity index (χ0v) is 54.7. The summed E-state index contributed by atoms with van der Waals surface area (Å²) in [5.41, 5.74) is 8.13. The highest BCUT2D eigenvalue weighted by Gasteiger charge is 2.35. The van der Waals surface area contributed by atoms with E-state index in [0.717, 1.165) is 42.5 Å². The molecular weight excluding hydrogens is 1250 g/mol. The molecule has 3 heterocycles. The van der Waals surface area contributed by atoms with Crippen LogP contribution in [0.3, 0.4) is 0 Å². The SMILES string of the molecule is CCC(=O)NCCNC(=O)/N=C(/N)NCCC[C@@H](NC(=O)[C@H](c1ccc(OCCCNC2CCN(C(=O)CCCCCNC(=O)CN3CCN(CC(=O)O)CCN(CC(=O)O)CCN(CC(=O)O)CC3)CC2)cc1)N1Cc2ccccc2C1)C(=O)NCc1c(F)cc(O)cc1F. The maximum absolute atomic E-state index is 14.8. The zero-order chi connectivity index (χ0) is 69.4. The molecule has 3 aromatic carbocycles. The summed E-state index contributed by atoms with van der Waals surface area (Å²) in [5.74, 6) is -7.07. The number of hydrogen-bond donors (Lipinski definition) is 12. The van der Waals surface area contributed by atoms with Gasteiger partial charge in [-0.15, -0.1) is 0 Å². The molecule has 29 nitrogen and oxygen atoms in total. The van der Waals surface area contributed by atoms with Gasteiger partial charge in [-0.05, 0) is 80.3 Å². The molecule has 6 rings (SSSR count). The third kappa shape index (κ3) is 27.6. The molecule has 2 fully saturated rings. The number of carboxylic acids is 3. The molecule has 2 saturated heterocycles. The fourth-order valence-electron chi connectivity index (χ4n) is 11.5. The number of benzene rings is 3. The van der Waals surface area contributed by atoms with Crippen LogP contribution in [0.15, 0.2) is 65.7 Å². The summed E-state index contributed by atoms with van der Waals surface area (Å²) >= 11 is 0. The van der Waals surface area contributed by atoms with Gasteiger partial charge >= 0.3 is 23.9 Å². The maximum atomic E-state index is 14.8. The summed E-state index contributed by atoms with van der Waals surface area (Å²) in [6, 6.07) is 13.8. The number of aromatic hydroxyl groups is 1. The minimum absolute atomic E-state index is 0.0142. The molecule has 3 aromatic rings. The Morgan fingerprint density at radius 2 is 1.16 bits per heavy atom. The van der Waals surface area contributed by atoms with Crippen molar-refractivity contribution in [1.82, 2.24) is 66.6 Å². The van der Waals surface area contributed by atoms with Gasteiger partial charge in [0.1, 0.15) is 35.2 Å². The summed E-state index contributed by atoms with van der Waals surface area (Å²) in [6.07, 6.45) is 5.26. The Labute approximate surface area is 557 Å². The molecule has 0 bridgehead atoms. The molecule has 0 radical (unpaired) electrons. The number of phenols is 1. The number of carbonyl (C=O) groups excluding carboxylic acids is 6. The van der Waals surface area contributed by atoms with E-state index < -0.39 is 77.3 Å². The van der Waals surface area contributed by atoms with Crippen molar-refractivity contribution in [1.29, 1.82) is 0 Å². The Kier molecular flexibility index (Phi) is 32.4. The van der Waals surface area contributed by atoms with Crippen molar-refractivity contribution in [2.45, 2.75) is 109 Å². The average Bonchev–Trinajstić information content (AvgIpc) is 1.61. The Morgan fingerprint density at radius 1 is 0.615 bits per heavy atom. The van der Waals surface area contributed by atoms with Crippen molar-refractivity contribution >= 4 is 59.4 Å². The number of ether oxygens (including phenoxy) is 1. The number of carbonyl (C=O) groups is 9. The first kappa shape index (κ1) is 76.4. The first-order chi connectivity index (χ1) is 46.1. The predicted molar refractivity (Wildman–Crippen MR) is 350 cm³/mol. The lowest BCUT2D eigenvalue weighted by Crippen LogP contribution is -2.50. The highest BCUT2D eigenvalue weighted by molar-refractivity contribution is 5.92. The van der Waals surface area contributed by atoms with Gasteiger partial charge in [0.25, 0.3) is 0 Å². The number of aliphatic imine (C=N–C) groups is 1. The molecule has 3 aliphatic heterocycles. The van der Waals surface area contributed by atoms with Gasteiger partial charge < -0.3 is 73.0 Å². The number of piperidine rings is 1. The molecule has 13 N–H and O–H groups in total. The molecule has 96 heavy (non-hydrogen) atoms. The minimum atomic E-state index is -1.22. The largest absolute Gasteiger partial charge is 0.508 e. The number of nitrogens with two attached hydrogens (primary N) is 1. The number of carboxylic acid groups (broad SMARTS) is 3. The summed E-state index contributed by atoms with van der Waals surface area (Å²) in [5, 5.41) is 58.0. The number of guanidine groups is 1. The second-order valence-corrected chi connectivity index (χ2v) is 24.1. The predicted octanol–water partition coefficient (Wildman–Crippen LogP) is 0.950. The van der Waals surface area contributed by atoms with E-state index in [4.69, 9.17) is 10.5 Å².